The Labute approximate surface area is 104 Å². The lowest BCUT2D eigenvalue weighted by Crippen LogP contribution is -2.40. The summed E-state index contributed by atoms with van der Waals surface area (Å²) in [6.07, 6.45) is 0. The zero-order valence-electron chi connectivity index (χ0n) is 8.90. The summed E-state index contributed by atoms with van der Waals surface area (Å²) in [5, 5.41) is 0.0258. The van der Waals surface area contributed by atoms with Gasteiger partial charge >= 0.3 is 0 Å². The fourth-order valence-electron chi connectivity index (χ4n) is 1.60. The lowest BCUT2D eigenvalue weighted by atomic mass is 10.3. The molecule has 7 heteroatoms. The molecule has 4 nitrogen and oxygen atoms in total. The molecule has 1 aliphatic rings. The van der Waals surface area contributed by atoms with E-state index in [2.05, 4.69) is 0 Å². The third-order valence-corrected chi connectivity index (χ3v) is 4.86. The number of morpholine rings is 1. The Morgan fingerprint density at radius 2 is 1.94 bits per heavy atom. The van der Waals surface area contributed by atoms with Crippen molar-refractivity contribution in [2.75, 3.05) is 26.3 Å². The summed E-state index contributed by atoms with van der Waals surface area (Å²) < 4.78 is 43.8. The van der Waals surface area contributed by atoms with Gasteiger partial charge in [0.05, 0.1) is 18.2 Å². The highest BCUT2D eigenvalue weighted by atomic mass is 35.5. The fourth-order valence-corrected chi connectivity index (χ4v) is 3.49. The van der Waals surface area contributed by atoms with Crippen LogP contribution in [-0.4, -0.2) is 39.0 Å². The van der Waals surface area contributed by atoms with Crippen molar-refractivity contribution in [1.29, 1.82) is 0 Å². The first-order chi connectivity index (χ1) is 8.01. The predicted octanol–water partition coefficient (Wildman–Crippen LogP) is 1.50. The van der Waals surface area contributed by atoms with E-state index < -0.39 is 15.8 Å². The van der Waals surface area contributed by atoms with E-state index in [9.17, 15) is 12.8 Å². The monoisotopic (exact) mass is 279 g/mol. The standard InChI is InChI=1S/C10H11ClFNO3S/c11-9-2-1-8(12)7-10(9)17(14,15)13-3-5-16-6-4-13/h1-2,7H,3-6H2. The van der Waals surface area contributed by atoms with E-state index in [1.807, 2.05) is 0 Å². The normalized spacial score (nSPS) is 18.2. The van der Waals surface area contributed by atoms with Crippen LogP contribution < -0.4 is 0 Å². The van der Waals surface area contributed by atoms with Crippen LogP contribution >= 0.6 is 11.6 Å². The van der Waals surface area contributed by atoms with Gasteiger partial charge in [-0.2, -0.15) is 4.31 Å². The van der Waals surface area contributed by atoms with Crippen molar-refractivity contribution in [2.45, 2.75) is 4.90 Å². The minimum atomic E-state index is -3.73. The van der Waals surface area contributed by atoms with Crippen molar-refractivity contribution in [3.8, 4) is 0 Å². The molecule has 94 valence electrons. The van der Waals surface area contributed by atoms with E-state index >= 15 is 0 Å². The van der Waals surface area contributed by atoms with Crippen molar-refractivity contribution >= 4 is 21.6 Å². The molecule has 1 fully saturated rings. The Kier molecular flexibility index (Phi) is 3.67. The molecule has 0 atom stereocenters. The summed E-state index contributed by atoms with van der Waals surface area (Å²) in [5.41, 5.74) is 0. The van der Waals surface area contributed by atoms with Gasteiger partial charge in [-0.05, 0) is 18.2 Å². The van der Waals surface area contributed by atoms with Gasteiger partial charge in [0.1, 0.15) is 10.7 Å². The predicted molar refractivity (Wildman–Crippen MR) is 61.0 cm³/mol. The van der Waals surface area contributed by atoms with Gasteiger partial charge in [-0.1, -0.05) is 11.6 Å². The molecule has 0 spiro atoms. The molecule has 0 amide bonds. The maximum atomic E-state index is 13.1. The van der Waals surface area contributed by atoms with Gasteiger partial charge in [-0.3, -0.25) is 0 Å². The molecule has 0 saturated carbocycles. The maximum Gasteiger partial charge on any atom is 0.244 e. The van der Waals surface area contributed by atoms with Crippen molar-refractivity contribution in [3.05, 3.63) is 29.0 Å². The highest BCUT2D eigenvalue weighted by Crippen LogP contribution is 2.25. The molecule has 1 aromatic carbocycles. The zero-order chi connectivity index (χ0) is 12.5. The molecule has 0 aromatic heterocycles. The summed E-state index contributed by atoms with van der Waals surface area (Å²) in [4.78, 5) is -0.193. The van der Waals surface area contributed by atoms with Crippen LogP contribution in [0.25, 0.3) is 0 Å². The first-order valence-corrected chi connectivity index (χ1v) is 6.86. The van der Waals surface area contributed by atoms with Crippen LogP contribution in [0.4, 0.5) is 4.39 Å². The number of halogens is 2. The van der Waals surface area contributed by atoms with Gasteiger partial charge in [0.2, 0.25) is 10.0 Å². The first kappa shape index (κ1) is 12.8. The highest BCUT2D eigenvalue weighted by Gasteiger charge is 2.28. The van der Waals surface area contributed by atoms with Crippen LogP contribution in [0.5, 0.6) is 0 Å². The molecule has 0 unspecified atom stereocenters. The van der Waals surface area contributed by atoms with E-state index in [1.165, 1.54) is 10.4 Å². The van der Waals surface area contributed by atoms with Crippen LogP contribution in [0.2, 0.25) is 5.02 Å². The average molecular weight is 280 g/mol. The summed E-state index contributed by atoms with van der Waals surface area (Å²) in [5.74, 6) is -0.624. The Hall–Kier alpha value is -0.690. The molecule has 2 rings (SSSR count). The van der Waals surface area contributed by atoms with Crippen molar-refractivity contribution in [3.63, 3.8) is 0 Å². The second-order valence-corrected chi connectivity index (χ2v) is 5.90. The van der Waals surface area contributed by atoms with Crippen molar-refractivity contribution in [2.24, 2.45) is 0 Å². The molecular weight excluding hydrogens is 269 g/mol. The SMILES string of the molecule is O=S(=O)(c1cc(F)ccc1Cl)N1CCOCC1. The quantitative estimate of drug-likeness (QED) is 0.824. The van der Waals surface area contributed by atoms with Gasteiger partial charge in [-0.15, -0.1) is 0 Å². The average Bonchev–Trinajstić information content (AvgIpc) is 2.33. The lowest BCUT2D eigenvalue weighted by Gasteiger charge is -2.26. The Bertz CT molecular complexity index is 514. The van der Waals surface area contributed by atoms with E-state index in [0.717, 1.165) is 12.1 Å². The molecule has 0 bridgehead atoms. The minimum absolute atomic E-state index is 0.0258. The molecule has 0 N–H and O–H groups in total. The Balaban J connectivity index is 2.40. The van der Waals surface area contributed by atoms with E-state index in [0.29, 0.717) is 13.2 Å². The Morgan fingerprint density at radius 3 is 2.59 bits per heavy atom. The fraction of sp³-hybridized carbons (Fsp3) is 0.400. The van der Waals surface area contributed by atoms with Gasteiger partial charge in [-0.25, -0.2) is 12.8 Å². The van der Waals surface area contributed by atoms with Gasteiger partial charge in [0, 0.05) is 13.1 Å². The zero-order valence-corrected chi connectivity index (χ0v) is 10.5. The third-order valence-electron chi connectivity index (χ3n) is 2.48. The summed E-state index contributed by atoms with van der Waals surface area (Å²) >= 11 is 5.80. The molecular formula is C10H11ClFNO3S. The number of benzene rings is 1. The molecule has 17 heavy (non-hydrogen) atoms. The lowest BCUT2D eigenvalue weighted by molar-refractivity contribution is 0.0730. The van der Waals surface area contributed by atoms with Crippen LogP contribution in [0.1, 0.15) is 0 Å². The largest absolute Gasteiger partial charge is 0.379 e. The van der Waals surface area contributed by atoms with E-state index in [1.54, 1.807) is 0 Å². The van der Waals surface area contributed by atoms with E-state index in [-0.39, 0.29) is 23.0 Å². The number of rotatable bonds is 2. The van der Waals surface area contributed by atoms with Crippen LogP contribution in [0, 0.1) is 5.82 Å². The van der Waals surface area contributed by atoms with Gasteiger partial charge in [0.15, 0.2) is 0 Å². The highest BCUT2D eigenvalue weighted by molar-refractivity contribution is 7.89. The number of hydrogen-bond acceptors (Lipinski definition) is 3. The molecule has 1 aromatic rings. The number of hydrogen-bond donors (Lipinski definition) is 0. The number of ether oxygens (including phenoxy) is 1. The molecule has 0 radical (unpaired) electrons. The Morgan fingerprint density at radius 1 is 1.29 bits per heavy atom. The molecule has 1 saturated heterocycles. The van der Waals surface area contributed by atoms with Crippen LogP contribution in [0.15, 0.2) is 23.1 Å². The van der Waals surface area contributed by atoms with Gasteiger partial charge in [0.25, 0.3) is 0 Å². The topological polar surface area (TPSA) is 46.6 Å². The number of sulfonamides is 1. The second-order valence-electron chi connectivity index (χ2n) is 3.59. The van der Waals surface area contributed by atoms with Gasteiger partial charge < -0.3 is 4.74 Å². The smallest absolute Gasteiger partial charge is 0.244 e. The van der Waals surface area contributed by atoms with Crippen LogP contribution in [0.3, 0.4) is 0 Å². The summed E-state index contributed by atoms with van der Waals surface area (Å²) in [7, 11) is -3.73. The first-order valence-electron chi connectivity index (χ1n) is 5.05. The third kappa shape index (κ3) is 2.60. The van der Waals surface area contributed by atoms with E-state index in [4.69, 9.17) is 16.3 Å². The molecule has 1 heterocycles. The summed E-state index contributed by atoms with van der Waals surface area (Å²) in [6, 6.07) is 3.30. The van der Waals surface area contributed by atoms with Crippen LogP contribution in [-0.2, 0) is 14.8 Å². The minimum Gasteiger partial charge on any atom is -0.379 e. The van der Waals surface area contributed by atoms with Crippen molar-refractivity contribution < 1.29 is 17.5 Å². The summed E-state index contributed by atoms with van der Waals surface area (Å²) in [6.45, 7) is 1.20. The molecule has 0 aliphatic carbocycles. The second kappa shape index (κ2) is 4.89. The number of nitrogens with zero attached hydrogens (tertiary/aromatic N) is 1. The maximum absolute atomic E-state index is 13.1. The van der Waals surface area contributed by atoms with Crippen molar-refractivity contribution in [1.82, 2.24) is 4.31 Å². The molecule has 1 aliphatic heterocycles.